The fourth-order valence-corrected chi connectivity index (χ4v) is 3.36. The third-order valence-electron chi connectivity index (χ3n) is 3.76. The van der Waals surface area contributed by atoms with Crippen molar-refractivity contribution in [3.8, 4) is 0 Å². The minimum absolute atomic E-state index is 1.01. The lowest BCUT2D eigenvalue weighted by Gasteiger charge is -2.32. The summed E-state index contributed by atoms with van der Waals surface area (Å²) in [6.45, 7) is 11.2. The largest absolute Gasteiger partial charge is 0.383 e. The molecule has 0 aromatic heterocycles. The monoisotopic (exact) mass is 325 g/mol. The average molecular weight is 326 g/mol. The van der Waals surface area contributed by atoms with Crippen LogP contribution in [0, 0.1) is 13.8 Å². The Labute approximate surface area is 125 Å². The summed E-state index contributed by atoms with van der Waals surface area (Å²) >= 11 is 3.65. The molecular weight excluding hydrogens is 302 g/mol. The Bertz CT molecular complexity index is 402. The van der Waals surface area contributed by atoms with Crippen molar-refractivity contribution in [2.75, 3.05) is 51.6 Å². The van der Waals surface area contributed by atoms with Crippen molar-refractivity contribution >= 4 is 21.6 Å². The van der Waals surface area contributed by atoms with Crippen molar-refractivity contribution < 1.29 is 0 Å². The molecule has 19 heavy (non-hydrogen) atoms. The number of piperazine rings is 1. The van der Waals surface area contributed by atoms with Gasteiger partial charge in [0, 0.05) is 43.7 Å². The Hall–Kier alpha value is -0.580. The second kappa shape index (κ2) is 6.73. The molecule has 2 rings (SSSR count). The molecular formula is C15H24BrN3. The zero-order chi connectivity index (χ0) is 13.8. The van der Waals surface area contributed by atoms with Gasteiger partial charge in [-0.1, -0.05) is 6.07 Å². The van der Waals surface area contributed by atoms with Crippen LogP contribution in [0.25, 0.3) is 0 Å². The quantitative estimate of drug-likeness (QED) is 0.918. The van der Waals surface area contributed by atoms with Crippen molar-refractivity contribution in [3.05, 3.63) is 27.7 Å². The smallest absolute Gasteiger partial charge is 0.0514 e. The standard InChI is InChI=1S/C15H24BrN3/c1-12-10-13(2)15(14(16)11-12)17-4-5-19-8-6-18(3)7-9-19/h10-11,17H,4-9H2,1-3H3. The third kappa shape index (κ3) is 4.20. The molecule has 0 unspecified atom stereocenters. The normalized spacial score (nSPS) is 17.7. The Morgan fingerprint density at radius 3 is 2.47 bits per heavy atom. The van der Waals surface area contributed by atoms with E-state index in [2.05, 4.69) is 64.1 Å². The lowest BCUT2D eigenvalue weighted by atomic mass is 10.1. The first-order valence-electron chi connectivity index (χ1n) is 6.98. The number of hydrogen-bond acceptors (Lipinski definition) is 3. The van der Waals surface area contributed by atoms with Gasteiger partial charge in [-0.25, -0.2) is 0 Å². The van der Waals surface area contributed by atoms with E-state index in [0.717, 1.165) is 13.1 Å². The van der Waals surface area contributed by atoms with Crippen LogP contribution in [0.5, 0.6) is 0 Å². The number of nitrogens with one attached hydrogen (secondary N) is 1. The fraction of sp³-hybridized carbons (Fsp3) is 0.600. The predicted molar refractivity (Wildman–Crippen MR) is 86.0 cm³/mol. The minimum atomic E-state index is 1.01. The van der Waals surface area contributed by atoms with Crippen molar-refractivity contribution in [2.24, 2.45) is 0 Å². The van der Waals surface area contributed by atoms with Crippen molar-refractivity contribution in [1.82, 2.24) is 9.80 Å². The fourth-order valence-electron chi connectivity index (χ4n) is 2.55. The highest BCUT2D eigenvalue weighted by atomic mass is 79.9. The summed E-state index contributed by atoms with van der Waals surface area (Å²) in [5.41, 5.74) is 3.85. The van der Waals surface area contributed by atoms with Crippen LogP contribution in [0.1, 0.15) is 11.1 Å². The molecule has 0 amide bonds. The summed E-state index contributed by atoms with van der Waals surface area (Å²) in [4.78, 5) is 4.93. The van der Waals surface area contributed by atoms with Crippen LogP contribution in [0.15, 0.2) is 16.6 Å². The Morgan fingerprint density at radius 2 is 1.84 bits per heavy atom. The summed E-state index contributed by atoms with van der Waals surface area (Å²) < 4.78 is 1.17. The van der Waals surface area contributed by atoms with Gasteiger partial charge in [-0.15, -0.1) is 0 Å². The maximum atomic E-state index is 3.65. The van der Waals surface area contributed by atoms with E-state index in [1.165, 1.54) is 47.5 Å². The van der Waals surface area contributed by atoms with Gasteiger partial charge in [-0.3, -0.25) is 4.90 Å². The van der Waals surface area contributed by atoms with Crippen molar-refractivity contribution in [2.45, 2.75) is 13.8 Å². The predicted octanol–water partition coefficient (Wildman–Crippen LogP) is 2.73. The summed E-state index contributed by atoms with van der Waals surface area (Å²) in [6, 6.07) is 4.40. The van der Waals surface area contributed by atoms with Gasteiger partial charge in [-0.05, 0) is 54.0 Å². The Balaban J connectivity index is 1.83. The first kappa shape index (κ1) is 14.8. The molecule has 1 fully saturated rings. The molecule has 4 heteroatoms. The highest BCUT2D eigenvalue weighted by Crippen LogP contribution is 2.27. The van der Waals surface area contributed by atoms with Gasteiger partial charge in [0.25, 0.3) is 0 Å². The second-order valence-electron chi connectivity index (χ2n) is 5.51. The Kier molecular flexibility index (Phi) is 5.25. The van der Waals surface area contributed by atoms with E-state index in [4.69, 9.17) is 0 Å². The highest BCUT2D eigenvalue weighted by Gasteiger charge is 2.13. The Morgan fingerprint density at radius 1 is 1.16 bits per heavy atom. The number of rotatable bonds is 4. The molecule has 1 saturated heterocycles. The summed E-state index contributed by atoms with van der Waals surface area (Å²) in [7, 11) is 2.20. The molecule has 0 spiro atoms. The highest BCUT2D eigenvalue weighted by molar-refractivity contribution is 9.10. The molecule has 0 atom stereocenters. The van der Waals surface area contributed by atoms with Crippen LogP contribution in [-0.4, -0.2) is 56.1 Å². The lowest BCUT2D eigenvalue weighted by molar-refractivity contribution is 0.158. The van der Waals surface area contributed by atoms with Gasteiger partial charge in [-0.2, -0.15) is 0 Å². The molecule has 1 N–H and O–H groups in total. The molecule has 1 aliphatic heterocycles. The maximum Gasteiger partial charge on any atom is 0.0514 e. The number of likely N-dealkylation sites (N-methyl/N-ethyl adjacent to an activating group) is 1. The number of aryl methyl sites for hydroxylation is 2. The first-order chi connectivity index (χ1) is 9.06. The van der Waals surface area contributed by atoms with Gasteiger partial charge in [0.15, 0.2) is 0 Å². The van der Waals surface area contributed by atoms with Crippen LogP contribution in [-0.2, 0) is 0 Å². The van der Waals surface area contributed by atoms with Crippen LogP contribution in [0.3, 0.4) is 0 Å². The topological polar surface area (TPSA) is 18.5 Å². The number of anilines is 1. The molecule has 0 saturated carbocycles. The molecule has 1 aliphatic rings. The van der Waals surface area contributed by atoms with Crippen molar-refractivity contribution in [3.63, 3.8) is 0 Å². The second-order valence-corrected chi connectivity index (χ2v) is 6.36. The van der Waals surface area contributed by atoms with E-state index in [0.29, 0.717) is 0 Å². The summed E-state index contributed by atoms with van der Waals surface area (Å²) in [5, 5.41) is 3.56. The van der Waals surface area contributed by atoms with Gasteiger partial charge in [0.2, 0.25) is 0 Å². The minimum Gasteiger partial charge on any atom is -0.383 e. The van der Waals surface area contributed by atoms with E-state index < -0.39 is 0 Å². The van der Waals surface area contributed by atoms with Crippen LogP contribution >= 0.6 is 15.9 Å². The van der Waals surface area contributed by atoms with E-state index in [-0.39, 0.29) is 0 Å². The SMILES string of the molecule is Cc1cc(C)c(NCCN2CCN(C)CC2)c(Br)c1. The zero-order valence-electron chi connectivity index (χ0n) is 12.2. The van der Waals surface area contributed by atoms with E-state index in [9.17, 15) is 0 Å². The van der Waals surface area contributed by atoms with Crippen LogP contribution in [0.4, 0.5) is 5.69 Å². The molecule has 1 aromatic carbocycles. The van der Waals surface area contributed by atoms with Gasteiger partial charge >= 0.3 is 0 Å². The lowest BCUT2D eigenvalue weighted by Crippen LogP contribution is -2.45. The number of benzene rings is 1. The van der Waals surface area contributed by atoms with E-state index in [1.54, 1.807) is 0 Å². The molecule has 1 heterocycles. The number of hydrogen-bond donors (Lipinski definition) is 1. The van der Waals surface area contributed by atoms with Gasteiger partial charge in [0.1, 0.15) is 0 Å². The molecule has 0 radical (unpaired) electrons. The molecule has 106 valence electrons. The molecule has 1 aromatic rings. The summed E-state index contributed by atoms with van der Waals surface area (Å²) in [5.74, 6) is 0. The molecule has 3 nitrogen and oxygen atoms in total. The first-order valence-corrected chi connectivity index (χ1v) is 7.77. The summed E-state index contributed by atoms with van der Waals surface area (Å²) in [6.07, 6.45) is 0. The third-order valence-corrected chi connectivity index (χ3v) is 4.38. The zero-order valence-corrected chi connectivity index (χ0v) is 13.8. The van der Waals surface area contributed by atoms with E-state index >= 15 is 0 Å². The van der Waals surface area contributed by atoms with Gasteiger partial charge in [0.05, 0.1) is 5.69 Å². The average Bonchev–Trinajstić information content (AvgIpc) is 2.34. The molecule has 0 aliphatic carbocycles. The van der Waals surface area contributed by atoms with Crippen LogP contribution < -0.4 is 5.32 Å². The van der Waals surface area contributed by atoms with Crippen LogP contribution in [0.2, 0.25) is 0 Å². The number of halogens is 1. The van der Waals surface area contributed by atoms with Gasteiger partial charge < -0.3 is 10.2 Å². The molecule has 0 bridgehead atoms. The van der Waals surface area contributed by atoms with E-state index in [1.807, 2.05) is 0 Å². The number of nitrogens with zero attached hydrogens (tertiary/aromatic N) is 2. The van der Waals surface area contributed by atoms with Crippen molar-refractivity contribution in [1.29, 1.82) is 0 Å². The maximum absolute atomic E-state index is 3.65.